The summed E-state index contributed by atoms with van der Waals surface area (Å²) in [6.07, 6.45) is 1.73. The number of carbonyl (C=O) groups is 1. The van der Waals surface area contributed by atoms with Crippen LogP contribution in [-0.2, 0) is 11.3 Å². The molecule has 156 valence electrons. The van der Waals surface area contributed by atoms with Gasteiger partial charge in [0.2, 0.25) is 18.5 Å². The Labute approximate surface area is 176 Å². The van der Waals surface area contributed by atoms with E-state index in [1.54, 1.807) is 54.1 Å². The molecule has 0 saturated carbocycles. The fourth-order valence-electron chi connectivity index (χ4n) is 3.25. The number of hydrogen-bond donors (Lipinski definition) is 1. The van der Waals surface area contributed by atoms with Gasteiger partial charge in [-0.05, 0) is 55.0 Å². The van der Waals surface area contributed by atoms with Crippen LogP contribution >= 0.6 is 0 Å². The minimum absolute atomic E-state index is 0.000430. The Morgan fingerprint density at radius 3 is 2.90 bits per heavy atom. The number of nitrogens with one attached hydrogen (secondary N) is 1. The van der Waals surface area contributed by atoms with E-state index in [2.05, 4.69) is 15.5 Å². The standard InChI is InChI=1S/C22H17FN4O4/c1-13-4-6-15(10-16(13)23)24-20(28)11-27-8-2-3-17(27)22-25-21(26-31-22)14-5-7-18-19(9-14)30-12-29-18/h2-10H,11-12H2,1H3,(H,24,28). The number of benzene rings is 2. The number of fused-ring (bicyclic) bond motifs is 1. The number of anilines is 1. The summed E-state index contributed by atoms with van der Waals surface area (Å²) in [4.78, 5) is 16.9. The number of hydrogen-bond acceptors (Lipinski definition) is 6. The Bertz CT molecular complexity index is 1280. The normalized spacial score (nSPS) is 12.2. The molecule has 1 N–H and O–H groups in total. The maximum absolute atomic E-state index is 13.7. The van der Waals surface area contributed by atoms with Crippen LogP contribution in [0.15, 0.2) is 59.3 Å². The first-order valence-corrected chi connectivity index (χ1v) is 9.52. The first-order chi connectivity index (χ1) is 15.1. The van der Waals surface area contributed by atoms with Crippen molar-refractivity contribution in [1.82, 2.24) is 14.7 Å². The number of ether oxygens (including phenoxy) is 2. The van der Waals surface area contributed by atoms with Crippen molar-refractivity contribution in [2.75, 3.05) is 12.1 Å². The third kappa shape index (κ3) is 3.73. The zero-order chi connectivity index (χ0) is 21.4. The van der Waals surface area contributed by atoms with Gasteiger partial charge in [0.15, 0.2) is 11.5 Å². The topological polar surface area (TPSA) is 91.4 Å². The SMILES string of the molecule is Cc1ccc(NC(=O)Cn2cccc2-c2nc(-c3ccc4c(c3)OCO4)no2)cc1F. The van der Waals surface area contributed by atoms with Gasteiger partial charge in [0.05, 0.1) is 0 Å². The predicted octanol–water partition coefficient (Wildman–Crippen LogP) is 4.02. The fourth-order valence-corrected chi connectivity index (χ4v) is 3.25. The lowest BCUT2D eigenvalue weighted by molar-refractivity contribution is -0.116. The van der Waals surface area contributed by atoms with Crippen molar-refractivity contribution in [2.45, 2.75) is 13.5 Å². The van der Waals surface area contributed by atoms with E-state index in [-0.39, 0.29) is 31.0 Å². The van der Waals surface area contributed by atoms with Crippen molar-refractivity contribution >= 4 is 11.6 Å². The molecule has 8 nitrogen and oxygen atoms in total. The second kappa shape index (κ2) is 7.60. The number of aromatic nitrogens is 3. The van der Waals surface area contributed by atoms with Gasteiger partial charge in [0.1, 0.15) is 18.1 Å². The van der Waals surface area contributed by atoms with Crippen LogP contribution in [0.3, 0.4) is 0 Å². The van der Waals surface area contributed by atoms with Crippen LogP contribution in [0.4, 0.5) is 10.1 Å². The van der Waals surface area contributed by atoms with Crippen molar-refractivity contribution < 1.29 is 23.2 Å². The van der Waals surface area contributed by atoms with Crippen LogP contribution < -0.4 is 14.8 Å². The van der Waals surface area contributed by atoms with Gasteiger partial charge in [0.25, 0.3) is 5.89 Å². The van der Waals surface area contributed by atoms with Crippen molar-refractivity contribution in [3.8, 4) is 34.5 Å². The predicted molar refractivity (Wildman–Crippen MR) is 109 cm³/mol. The highest BCUT2D eigenvalue weighted by atomic mass is 19.1. The summed E-state index contributed by atoms with van der Waals surface area (Å²) in [5, 5.41) is 6.73. The molecule has 0 aliphatic carbocycles. The molecule has 0 fully saturated rings. The molecule has 4 aromatic rings. The van der Waals surface area contributed by atoms with Gasteiger partial charge in [-0.1, -0.05) is 11.2 Å². The molecule has 0 bridgehead atoms. The Morgan fingerprint density at radius 2 is 2.03 bits per heavy atom. The lowest BCUT2D eigenvalue weighted by atomic mass is 10.2. The van der Waals surface area contributed by atoms with Crippen molar-refractivity contribution in [2.24, 2.45) is 0 Å². The van der Waals surface area contributed by atoms with E-state index in [4.69, 9.17) is 14.0 Å². The van der Waals surface area contributed by atoms with Gasteiger partial charge in [-0.3, -0.25) is 4.79 Å². The molecule has 5 rings (SSSR count). The summed E-state index contributed by atoms with van der Waals surface area (Å²) in [6, 6.07) is 13.5. The number of amides is 1. The van der Waals surface area contributed by atoms with Crippen LogP contribution in [0.1, 0.15) is 5.56 Å². The Balaban J connectivity index is 1.33. The smallest absolute Gasteiger partial charge is 0.274 e. The van der Waals surface area contributed by atoms with Gasteiger partial charge in [0, 0.05) is 17.4 Å². The molecule has 1 aliphatic rings. The van der Waals surface area contributed by atoms with Gasteiger partial charge in [-0.25, -0.2) is 4.39 Å². The molecule has 0 unspecified atom stereocenters. The number of nitrogens with zero attached hydrogens (tertiary/aromatic N) is 3. The highest BCUT2D eigenvalue weighted by Gasteiger charge is 2.19. The number of rotatable bonds is 5. The maximum atomic E-state index is 13.7. The summed E-state index contributed by atoms with van der Waals surface area (Å²) in [5.41, 5.74) is 2.21. The van der Waals surface area contributed by atoms with Crippen molar-refractivity contribution in [3.05, 3.63) is 66.1 Å². The van der Waals surface area contributed by atoms with Gasteiger partial charge >= 0.3 is 0 Å². The molecule has 2 aromatic heterocycles. The lowest BCUT2D eigenvalue weighted by Crippen LogP contribution is -2.19. The lowest BCUT2D eigenvalue weighted by Gasteiger charge is -2.09. The maximum Gasteiger partial charge on any atom is 0.274 e. The Kier molecular flexibility index (Phi) is 4.62. The molecule has 0 spiro atoms. The summed E-state index contributed by atoms with van der Waals surface area (Å²) < 4.78 is 31.5. The van der Waals surface area contributed by atoms with Crippen molar-refractivity contribution in [3.63, 3.8) is 0 Å². The van der Waals surface area contributed by atoms with E-state index in [0.717, 1.165) is 5.56 Å². The van der Waals surface area contributed by atoms with E-state index >= 15 is 0 Å². The van der Waals surface area contributed by atoms with E-state index in [1.807, 2.05) is 6.07 Å². The van der Waals surface area contributed by atoms with Crippen LogP contribution in [0, 0.1) is 12.7 Å². The van der Waals surface area contributed by atoms with E-state index in [9.17, 15) is 9.18 Å². The number of halogens is 1. The van der Waals surface area contributed by atoms with E-state index < -0.39 is 0 Å². The molecular formula is C22H17FN4O4. The third-order valence-electron chi connectivity index (χ3n) is 4.87. The third-order valence-corrected chi connectivity index (χ3v) is 4.87. The van der Waals surface area contributed by atoms with E-state index in [0.29, 0.717) is 34.3 Å². The van der Waals surface area contributed by atoms with Gasteiger partial charge < -0.3 is 23.9 Å². The molecule has 1 amide bonds. The summed E-state index contributed by atoms with van der Waals surface area (Å²) in [7, 11) is 0. The monoisotopic (exact) mass is 420 g/mol. The molecule has 0 radical (unpaired) electrons. The second-order valence-corrected chi connectivity index (χ2v) is 7.02. The zero-order valence-electron chi connectivity index (χ0n) is 16.5. The molecule has 3 heterocycles. The molecule has 0 saturated heterocycles. The summed E-state index contributed by atoms with van der Waals surface area (Å²) in [5.74, 6) is 1.27. The summed E-state index contributed by atoms with van der Waals surface area (Å²) in [6.45, 7) is 1.84. The van der Waals surface area contributed by atoms with Crippen LogP contribution in [0.25, 0.3) is 23.0 Å². The van der Waals surface area contributed by atoms with Gasteiger partial charge in [-0.15, -0.1) is 0 Å². The highest BCUT2D eigenvalue weighted by molar-refractivity contribution is 5.90. The average molecular weight is 420 g/mol. The first-order valence-electron chi connectivity index (χ1n) is 9.52. The summed E-state index contributed by atoms with van der Waals surface area (Å²) >= 11 is 0. The zero-order valence-corrected chi connectivity index (χ0v) is 16.5. The number of carbonyl (C=O) groups excluding carboxylic acids is 1. The molecular weight excluding hydrogens is 403 g/mol. The molecule has 1 aliphatic heterocycles. The fraction of sp³-hybridized carbons (Fsp3) is 0.136. The Morgan fingerprint density at radius 1 is 1.16 bits per heavy atom. The average Bonchev–Trinajstić information content (AvgIpc) is 3.50. The minimum Gasteiger partial charge on any atom is -0.454 e. The largest absolute Gasteiger partial charge is 0.454 e. The molecule has 9 heteroatoms. The minimum atomic E-state index is -0.374. The van der Waals surface area contributed by atoms with Crippen LogP contribution in [-0.4, -0.2) is 27.4 Å². The Hall–Kier alpha value is -4.14. The highest BCUT2D eigenvalue weighted by Crippen LogP contribution is 2.35. The first kappa shape index (κ1) is 18.9. The number of aryl methyl sites for hydroxylation is 1. The molecule has 31 heavy (non-hydrogen) atoms. The van der Waals surface area contributed by atoms with Crippen LogP contribution in [0.2, 0.25) is 0 Å². The van der Waals surface area contributed by atoms with Gasteiger partial charge in [-0.2, -0.15) is 4.98 Å². The van der Waals surface area contributed by atoms with Crippen molar-refractivity contribution in [1.29, 1.82) is 0 Å². The molecule has 0 atom stereocenters. The quantitative estimate of drug-likeness (QED) is 0.524. The van der Waals surface area contributed by atoms with E-state index in [1.165, 1.54) is 6.07 Å². The molecule has 2 aromatic carbocycles. The second-order valence-electron chi connectivity index (χ2n) is 7.02. The van der Waals surface area contributed by atoms with Crippen LogP contribution in [0.5, 0.6) is 11.5 Å².